The lowest BCUT2D eigenvalue weighted by molar-refractivity contribution is -0.140. The van der Waals surface area contributed by atoms with Gasteiger partial charge in [-0.05, 0) is 17.2 Å². The lowest BCUT2D eigenvalue weighted by Crippen LogP contribution is -2.20. The van der Waals surface area contributed by atoms with Crippen LogP contribution >= 0.6 is 0 Å². The first kappa shape index (κ1) is 17.5. The zero-order valence-corrected chi connectivity index (χ0v) is 13.0. The summed E-state index contributed by atoms with van der Waals surface area (Å²) in [4.78, 5) is 21.6. The molecular weight excluding hydrogens is 310 g/mol. The van der Waals surface area contributed by atoms with E-state index in [1.165, 1.54) is 0 Å². The van der Waals surface area contributed by atoms with Gasteiger partial charge in [0.2, 0.25) is 6.41 Å². The highest BCUT2D eigenvalue weighted by molar-refractivity contribution is 5.76. The van der Waals surface area contributed by atoms with Gasteiger partial charge in [-0.15, -0.1) is 0 Å². The fraction of sp³-hybridized carbons (Fsp3) is 0.222. The number of hydrogen-bond donors (Lipinski definition) is 3. The maximum absolute atomic E-state index is 11.1. The minimum Gasteiger partial charge on any atom is -0.505 e. The second-order valence-electron chi connectivity index (χ2n) is 5.30. The van der Waals surface area contributed by atoms with Crippen molar-refractivity contribution in [1.82, 2.24) is 0 Å². The molecule has 0 bridgehead atoms. The summed E-state index contributed by atoms with van der Waals surface area (Å²) < 4.78 is 5.72. The molecule has 0 aliphatic carbocycles. The lowest BCUT2D eigenvalue weighted by Gasteiger charge is -2.18. The predicted octanol–water partition coefficient (Wildman–Crippen LogP) is 2.56. The van der Waals surface area contributed by atoms with Crippen LogP contribution in [0.25, 0.3) is 0 Å². The van der Waals surface area contributed by atoms with E-state index in [1.54, 1.807) is 18.2 Å². The number of para-hydroxylation sites is 1. The molecule has 0 aliphatic rings. The molecule has 0 saturated heterocycles. The summed E-state index contributed by atoms with van der Waals surface area (Å²) in [6.45, 7) is 0.284. The highest BCUT2D eigenvalue weighted by Gasteiger charge is 2.18. The van der Waals surface area contributed by atoms with Gasteiger partial charge < -0.3 is 20.3 Å². The maximum Gasteiger partial charge on any atom is 0.305 e. The number of carbonyl (C=O) groups excluding carboxylic acids is 1. The number of carboxylic acid groups (broad SMARTS) is 1. The van der Waals surface area contributed by atoms with Gasteiger partial charge in [0.15, 0.2) is 0 Å². The van der Waals surface area contributed by atoms with E-state index in [4.69, 9.17) is 9.84 Å². The predicted molar refractivity (Wildman–Crippen MR) is 88.8 cm³/mol. The van der Waals surface area contributed by atoms with E-state index in [9.17, 15) is 14.7 Å². The molecule has 0 aromatic heterocycles. The third-order valence-electron chi connectivity index (χ3n) is 3.51. The Labute approximate surface area is 139 Å². The number of phenols is 1. The molecule has 126 valence electrons. The van der Waals surface area contributed by atoms with Crippen molar-refractivity contribution in [3.8, 4) is 5.75 Å². The Morgan fingerprint density at radius 3 is 2.58 bits per heavy atom. The SMILES string of the molecule is O=CNc1cccc(CC(CC(=O)O)OCc2ccccc2)c1O. The van der Waals surface area contributed by atoms with Crippen molar-refractivity contribution >= 4 is 18.1 Å². The van der Waals surface area contributed by atoms with Crippen LogP contribution in [0, 0.1) is 0 Å². The molecule has 0 aliphatic heterocycles. The highest BCUT2D eigenvalue weighted by atomic mass is 16.5. The number of carboxylic acids is 1. The molecule has 6 nitrogen and oxygen atoms in total. The van der Waals surface area contributed by atoms with Gasteiger partial charge in [-0.2, -0.15) is 0 Å². The average Bonchev–Trinajstić information content (AvgIpc) is 2.57. The van der Waals surface area contributed by atoms with Gasteiger partial charge in [0.05, 0.1) is 24.8 Å². The summed E-state index contributed by atoms with van der Waals surface area (Å²) in [7, 11) is 0. The number of amides is 1. The fourth-order valence-electron chi connectivity index (χ4n) is 2.35. The van der Waals surface area contributed by atoms with Gasteiger partial charge >= 0.3 is 5.97 Å². The maximum atomic E-state index is 11.1. The normalized spacial score (nSPS) is 11.7. The number of ether oxygens (including phenoxy) is 1. The largest absolute Gasteiger partial charge is 0.505 e. The fourth-order valence-corrected chi connectivity index (χ4v) is 2.35. The molecule has 0 radical (unpaired) electrons. The first-order chi connectivity index (χ1) is 11.6. The summed E-state index contributed by atoms with van der Waals surface area (Å²) in [5.74, 6) is -1.06. The molecule has 2 rings (SSSR count). The molecule has 3 N–H and O–H groups in total. The molecule has 1 amide bonds. The van der Waals surface area contributed by atoms with Crippen molar-refractivity contribution in [2.75, 3.05) is 5.32 Å². The molecular formula is C18H19NO5. The van der Waals surface area contributed by atoms with Crippen LogP contribution in [0.3, 0.4) is 0 Å². The van der Waals surface area contributed by atoms with Crippen LogP contribution in [0.15, 0.2) is 48.5 Å². The van der Waals surface area contributed by atoms with E-state index in [0.29, 0.717) is 12.0 Å². The van der Waals surface area contributed by atoms with E-state index in [-0.39, 0.29) is 30.9 Å². The van der Waals surface area contributed by atoms with E-state index in [2.05, 4.69) is 5.32 Å². The number of hydrogen-bond acceptors (Lipinski definition) is 4. The smallest absolute Gasteiger partial charge is 0.305 e. The molecule has 0 heterocycles. The highest BCUT2D eigenvalue weighted by Crippen LogP contribution is 2.29. The topological polar surface area (TPSA) is 95.9 Å². The molecule has 0 fully saturated rings. The molecule has 1 unspecified atom stereocenters. The van der Waals surface area contributed by atoms with Crippen LogP contribution in [-0.2, 0) is 27.4 Å². The summed E-state index contributed by atoms with van der Waals surface area (Å²) in [6.07, 6.45) is -0.0868. The Balaban J connectivity index is 2.09. The molecule has 0 spiro atoms. The van der Waals surface area contributed by atoms with Crippen molar-refractivity contribution in [2.24, 2.45) is 0 Å². The van der Waals surface area contributed by atoms with Crippen molar-refractivity contribution in [3.05, 3.63) is 59.7 Å². The number of anilines is 1. The van der Waals surface area contributed by atoms with Crippen LogP contribution in [-0.4, -0.2) is 28.7 Å². The number of carbonyl (C=O) groups is 2. The summed E-state index contributed by atoms with van der Waals surface area (Å²) in [5, 5.41) is 21.6. The standard InChI is InChI=1S/C18H19NO5/c20-12-19-16-8-4-7-14(18(16)23)9-15(10-17(21)22)24-11-13-5-2-1-3-6-13/h1-8,12,15,23H,9-11H2,(H,19,20)(H,21,22). The van der Waals surface area contributed by atoms with E-state index >= 15 is 0 Å². The third-order valence-corrected chi connectivity index (χ3v) is 3.51. The van der Waals surface area contributed by atoms with E-state index in [0.717, 1.165) is 5.56 Å². The van der Waals surface area contributed by atoms with Crippen molar-refractivity contribution in [1.29, 1.82) is 0 Å². The zero-order valence-electron chi connectivity index (χ0n) is 13.0. The van der Waals surface area contributed by atoms with Crippen molar-refractivity contribution in [3.63, 3.8) is 0 Å². The zero-order chi connectivity index (χ0) is 17.4. The molecule has 1 atom stereocenters. The quantitative estimate of drug-likeness (QED) is 0.485. The summed E-state index contributed by atoms with van der Waals surface area (Å²) >= 11 is 0. The first-order valence-electron chi connectivity index (χ1n) is 7.48. The lowest BCUT2D eigenvalue weighted by atomic mass is 10.0. The second-order valence-corrected chi connectivity index (χ2v) is 5.30. The van der Waals surface area contributed by atoms with Gasteiger partial charge in [-0.1, -0.05) is 42.5 Å². The van der Waals surface area contributed by atoms with Crippen molar-refractivity contribution < 1.29 is 24.5 Å². The van der Waals surface area contributed by atoms with Crippen LogP contribution in [0.1, 0.15) is 17.5 Å². The number of aliphatic carboxylic acids is 1. The number of benzene rings is 2. The first-order valence-corrected chi connectivity index (χ1v) is 7.48. The van der Waals surface area contributed by atoms with E-state index in [1.807, 2.05) is 30.3 Å². The minimum absolute atomic E-state index is 0.0803. The minimum atomic E-state index is -0.977. The van der Waals surface area contributed by atoms with Crippen molar-refractivity contribution in [2.45, 2.75) is 25.6 Å². The molecule has 2 aromatic carbocycles. The van der Waals surface area contributed by atoms with Crippen LogP contribution in [0.5, 0.6) is 5.75 Å². The molecule has 0 saturated carbocycles. The monoisotopic (exact) mass is 329 g/mol. The van der Waals surface area contributed by atoms with Gasteiger partial charge in [-0.25, -0.2) is 0 Å². The molecule has 6 heteroatoms. The number of nitrogens with one attached hydrogen (secondary N) is 1. The summed E-state index contributed by atoms with van der Waals surface area (Å²) in [6, 6.07) is 14.3. The van der Waals surface area contributed by atoms with Crippen LogP contribution in [0.2, 0.25) is 0 Å². The molecule has 24 heavy (non-hydrogen) atoms. The summed E-state index contributed by atoms with van der Waals surface area (Å²) in [5.41, 5.74) is 1.73. The van der Waals surface area contributed by atoms with Gasteiger partial charge in [-0.3, -0.25) is 9.59 Å². The van der Waals surface area contributed by atoms with Gasteiger partial charge in [0.25, 0.3) is 0 Å². The Morgan fingerprint density at radius 2 is 1.92 bits per heavy atom. The third kappa shape index (κ3) is 5.10. The Hall–Kier alpha value is -2.86. The number of rotatable bonds is 9. The van der Waals surface area contributed by atoms with Crippen LogP contribution in [0.4, 0.5) is 5.69 Å². The number of phenolic OH excluding ortho intramolecular Hbond substituents is 1. The molecule has 2 aromatic rings. The second kappa shape index (κ2) is 8.69. The Morgan fingerprint density at radius 1 is 1.17 bits per heavy atom. The van der Waals surface area contributed by atoms with E-state index < -0.39 is 12.1 Å². The van der Waals surface area contributed by atoms with Crippen LogP contribution < -0.4 is 5.32 Å². The number of aromatic hydroxyl groups is 1. The van der Waals surface area contributed by atoms with Gasteiger partial charge in [0.1, 0.15) is 5.75 Å². The Bertz CT molecular complexity index is 687. The Kier molecular flexibility index (Phi) is 6.33. The van der Waals surface area contributed by atoms with Gasteiger partial charge in [0, 0.05) is 6.42 Å². The average molecular weight is 329 g/mol.